The van der Waals surface area contributed by atoms with E-state index in [0.29, 0.717) is 10.6 Å². The highest BCUT2D eigenvalue weighted by Gasteiger charge is 2.37. The molecule has 1 aromatic rings. The fraction of sp³-hybridized carbons (Fsp3) is 0.300. The van der Waals surface area contributed by atoms with Crippen molar-refractivity contribution in [3.05, 3.63) is 34.9 Å². The largest absolute Gasteiger partial charge is 0.467 e. The van der Waals surface area contributed by atoms with Gasteiger partial charge in [0.25, 0.3) is 0 Å². The summed E-state index contributed by atoms with van der Waals surface area (Å²) in [6, 6.07) is 6.08. The Morgan fingerprint density at radius 1 is 1.53 bits per heavy atom. The summed E-state index contributed by atoms with van der Waals surface area (Å²) in [7, 11) is 1.16. The maximum absolute atomic E-state index is 12.8. The lowest BCUT2D eigenvalue weighted by Gasteiger charge is -2.23. The molecule has 0 bridgehead atoms. The molecule has 0 saturated heterocycles. The van der Waals surface area contributed by atoms with Gasteiger partial charge in [0.1, 0.15) is 6.67 Å². The van der Waals surface area contributed by atoms with E-state index < -0.39 is 18.2 Å². The zero-order valence-electron chi connectivity index (χ0n) is 8.17. The molecule has 15 heavy (non-hydrogen) atoms. The Hall–Kier alpha value is -1.13. The van der Waals surface area contributed by atoms with Gasteiger partial charge in [-0.25, -0.2) is 9.18 Å². The molecule has 0 aromatic heterocycles. The van der Waals surface area contributed by atoms with E-state index in [9.17, 15) is 9.18 Å². The van der Waals surface area contributed by atoms with E-state index >= 15 is 0 Å². The van der Waals surface area contributed by atoms with E-state index in [0.717, 1.165) is 7.11 Å². The highest BCUT2D eigenvalue weighted by Crippen LogP contribution is 2.22. The van der Waals surface area contributed by atoms with Crippen LogP contribution in [0.25, 0.3) is 0 Å². The van der Waals surface area contributed by atoms with Crippen LogP contribution in [-0.2, 0) is 15.1 Å². The zero-order chi connectivity index (χ0) is 11.5. The van der Waals surface area contributed by atoms with Crippen LogP contribution in [0.4, 0.5) is 4.39 Å². The maximum atomic E-state index is 12.8. The lowest BCUT2D eigenvalue weighted by atomic mass is 9.92. The molecule has 82 valence electrons. The van der Waals surface area contributed by atoms with Crippen molar-refractivity contribution in [1.29, 1.82) is 0 Å². The summed E-state index contributed by atoms with van der Waals surface area (Å²) in [6.07, 6.45) is 0. The summed E-state index contributed by atoms with van der Waals surface area (Å²) >= 11 is 5.67. The van der Waals surface area contributed by atoms with Crippen molar-refractivity contribution in [2.45, 2.75) is 5.54 Å². The number of nitrogens with two attached hydrogens (primary N) is 1. The van der Waals surface area contributed by atoms with Crippen LogP contribution >= 0.6 is 11.6 Å². The molecule has 0 spiro atoms. The Morgan fingerprint density at radius 3 is 2.47 bits per heavy atom. The number of methoxy groups -OCH3 is 1. The molecule has 0 fully saturated rings. The Balaban J connectivity index is 3.11. The average molecular weight is 232 g/mol. The van der Waals surface area contributed by atoms with Crippen molar-refractivity contribution in [1.82, 2.24) is 0 Å². The maximum Gasteiger partial charge on any atom is 0.333 e. The SMILES string of the molecule is COC(=O)C(N)(CF)c1ccc(Cl)cc1. The first-order valence-electron chi connectivity index (χ1n) is 4.24. The van der Waals surface area contributed by atoms with E-state index in [-0.39, 0.29) is 0 Å². The topological polar surface area (TPSA) is 52.3 Å². The monoisotopic (exact) mass is 231 g/mol. The predicted molar refractivity (Wildman–Crippen MR) is 55.3 cm³/mol. The van der Waals surface area contributed by atoms with Crippen molar-refractivity contribution in [3.8, 4) is 0 Å². The van der Waals surface area contributed by atoms with Gasteiger partial charge in [-0.3, -0.25) is 0 Å². The summed E-state index contributed by atoms with van der Waals surface area (Å²) in [6.45, 7) is -1.03. The number of rotatable bonds is 3. The van der Waals surface area contributed by atoms with E-state index in [1.165, 1.54) is 24.3 Å². The molecule has 5 heteroatoms. The lowest BCUT2D eigenvalue weighted by Crippen LogP contribution is -2.47. The summed E-state index contributed by atoms with van der Waals surface area (Å²) in [5, 5.41) is 0.491. The summed E-state index contributed by atoms with van der Waals surface area (Å²) < 4.78 is 17.3. The third-order valence-corrected chi connectivity index (χ3v) is 2.37. The van der Waals surface area contributed by atoms with Gasteiger partial charge in [0.2, 0.25) is 0 Å². The molecule has 1 unspecified atom stereocenters. The fourth-order valence-electron chi connectivity index (χ4n) is 1.18. The van der Waals surface area contributed by atoms with Gasteiger partial charge in [0.15, 0.2) is 5.54 Å². The van der Waals surface area contributed by atoms with Crippen molar-refractivity contribution >= 4 is 17.6 Å². The van der Waals surface area contributed by atoms with E-state index in [1.54, 1.807) is 0 Å². The molecule has 1 aromatic carbocycles. The summed E-state index contributed by atoms with van der Waals surface area (Å²) in [5.41, 5.74) is 4.21. The van der Waals surface area contributed by atoms with Crippen LogP contribution in [0, 0.1) is 0 Å². The molecule has 3 nitrogen and oxygen atoms in total. The number of alkyl halides is 1. The lowest BCUT2D eigenvalue weighted by molar-refractivity contribution is -0.148. The van der Waals surface area contributed by atoms with Gasteiger partial charge in [-0.05, 0) is 17.7 Å². The normalized spacial score (nSPS) is 14.4. The summed E-state index contributed by atoms with van der Waals surface area (Å²) in [5.74, 6) is -0.813. The Labute approximate surface area is 92.0 Å². The van der Waals surface area contributed by atoms with Gasteiger partial charge in [-0.1, -0.05) is 23.7 Å². The standard InChI is InChI=1S/C10H11ClFNO2/c1-15-9(14)10(13,6-12)7-2-4-8(11)5-3-7/h2-5H,6,13H2,1H3. The highest BCUT2D eigenvalue weighted by atomic mass is 35.5. The van der Waals surface area contributed by atoms with Crippen molar-refractivity contribution < 1.29 is 13.9 Å². The predicted octanol–water partition coefficient (Wildman–Crippen LogP) is 1.64. The van der Waals surface area contributed by atoms with Gasteiger partial charge >= 0.3 is 5.97 Å². The number of ether oxygens (including phenoxy) is 1. The van der Waals surface area contributed by atoms with Crippen LogP contribution < -0.4 is 5.73 Å². The molecule has 2 N–H and O–H groups in total. The third kappa shape index (κ3) is 2.27. The van der Waals surface area contributed by atoms with Crippen LogP contribution in [-0.4, -0.2) is 19.8 Å². The first kappa shape index (κ1) is 11.9. The quantitative estimate of drug-likeness (QED) is 0.805. The van der Waals surface area contributed by atoms with Crippen LogP contribution in [0.15, 0.2) is 24.3 Å². The Morgan fingerprint density at radius 2 is 2.07 bits per heavy atom. The molecule has 0 aliphatic heterocycles. The molecule has 0 aliphatic carbocycles. The Kier molecular flexibility index (Phi) is 3.66. The number of benzene rings is 1. The minimum absolute atomic E-state index is 0.334. The van der Waals surface area contributed by atoms with Crippen molar-refractivity contribution in [3.63, 3.8) is 0 Å². The highest BCUT2D eigenvalue weighted by molar-refractivity contribution is 6.30. The van der Waals surface area contributed by atoms with Gasteiger partial charge in [0.05, 0.1) is 7.11 Å². The molecule has 1 atom stereocenters. The summed E-state index contributed by atoms with van der Waals surface area (Å²) in [4.78, 5) is 11.3. The molecule has 0 aliphatic rings. The second-order valence-corrected chi connectivity index (χ2v) is 3.54. The van der Waals surface area contributed by atoms with Crippen LogP contribution in [0.1, 0.15) is 5.56 Å². The van der Waals surface area contributed by atoms with Crippen LogP contribution in [0.3, 0.4) is 0 Å². The van der Waals surface area contributed by atoms with Gasteiger partial charge in [-0.2, -0.15) is 0 Å². The minimum Gasteiger partial charge on any atom is -0.467 e. The smallest absolute Gasteiger partial charge is 0.333 e. The molecule has 0 radical (unpaired) electrons. The fourth-order valence-corrected chi connectivity index (χ4v) is 1.30. The molecule has 0 heterocycles. The molecular weight excluding hydrogens is 221 g/mol. The minimum atomic E-state index is -1.75. The second-order valence-electron chi connectivity index (χ2n) is 3.10. The second kappa shape index (κ2) is 4.59. The van der Waals surface area contributed by atoms with Crippen LogP contribution in [0.2, 0.25) is 5.02 Å². The van der Waals surface area contributed by atoms with E-state index in [2.05, 4.69) is 4.74 Å². The van der Waals surface area contributed by atoms with Crippen molar-refractivity contribution in [2.75, 3.05) is 13.8 Å². The molecule has 0 amide bonds. The molecule has 0 saturated carbocycles. The first-order valence-corrected chi connectivity index (χ1v) is 4.61. The third-order valence-electron chi connectivity index (χ3n) is 2.12. The molecular formula is C10H11ClFNO2. The van der Waals surface area contributed by atoms with E-state index in [4.69, 9.17) is 17.3 Å². The van der Waals surface area contributed by atoms with Crippen LogP contribution in [0.5, 0.6) is 0 Å². The van der Waals surface area contributed by atoms with Gasteiger partial charge < -0.3 is 10.5 Å². The molecule has 1 rings (SSSR count). The van der Waals surface area contributed by atoms with Gasteiger partial charge in [0, 0.05) is 5.02 Å². The van der Waals surface area contributed by atoms with E-state index in [1.807, 2.05) is 0 Å². The number of carbonyl (C=O) groups excluding carboxylic acids is 1. The van der Waals surface area contributed by atoms with Gasteiger partial charge in [-0.15, -0.1) is 0 Å². The Bertz CT molecular complexity index is 355. The number of hydrogen-bond acceptors (Lipinski definition) is 3. The van der Waals surface area contributed by atoms with Crippen molar-refractivity contribution in [2.24, 2.45) is 5.73 Å². The zero-order valence-corrected chi connectivity index (χ0v) is 8.92. The number of hydrogen-bond donors (Lipinski definition) is 1. The number of halogens is 2. The number of esters is 1. The average Bonchev–Trinajstić information content (AvgIpc) is 2.27. The number of carbonyl (C=O) groups is 1. The first-order chi connectivity index (χ1) is 7.04.